The summed E-state index contributed by atoms with van der Waals surface area (Å²) >= 11 is 11.3. The van der Waals surface area contributed by atoms with Crippen LogP contribution in [0.1, 0.15) is 32.3 Å². The third-order valence-corrected chi connectivity index (χ3v) is 5.41. The monoisotopic (exact) mass is 475 g/mol. The second-order valence-electron chi connectivity index (χ2n) is 7.10. The van der Waals surface area contributed by atoms with Gasteiger partial charge < -0.3 is 19.8 Å². The van der Waals surface area contributed by atoms with E-state index in [1.54, 1.807) is 24.3 Å². The van der Waals surface area contributed by atoms with Crippen LogP contribution in [0.4, 0.5) is 0 Å². The molecule has 3 aromatic rings. The number of aromatic nitrogens is 2. The van der Waals surface area contributed by atoms with Gasteiger partial charge in [0.1, 0.15) is 0 Å². The molecule has 0 fully saturated rings. The Hall–Kier alpha value is -2.84. The molecule has 0 aliphatic heterocycles. The zero-order valence-corrected chi connectivity index (χ0v) is 19.6. The van der Waals surface area contributed by atoms with Crippen LogP contribution in [0.5, 0.6) is 11.5 Å². The van der Waals surface area contributed by atoms with E-state index >= 15 is 0 Å². The van der Waals surface area contributed by atoms with Crippen molar-refractivity contribution < 1.29 is 14.3 Å². The van der Waals surface area contributed by atoms with Crippen molar-refractivity contribution in [2.45, 2.75) is 39.8 Å². The smallest absolute Gasteiger partial charge is 0.262 e. The Bertz CT molecular complexity index is 1200. The zero-order valence-electron chi connectivity index (χ0n) is 18.1. The SMILES string of the molecule is CCOc1cc2[nH]c(=S)n(CCCC(=O)NCc3ccc(Cl)cc3)c(=O)c2cc1OCC. The van der Waals surface area contributed by atoms with Gasteiger partial charge in [0.05, 0.1) is 24.1 Å². The molecule has 3 rings (SSSR count). The van der Waals surface area contributed by atoms with Crippen molar-refractivity contribution in [3.05, 3.63) is 62.1 Å². The topological polar surface area (TPSA) is 85.4 Å². The predicted octanol–water partition coefficient (Wildman–Crippen LogP) is 4.61. The molecule has 1 amide bonds. The van der Waals surface area contributed by atoms with Gasteiger partial charge in [0, 0.05) is 30.6 Å². The largest absolute Gasteiger partial charge is 0.490 e. The lowest BCUT2D eigenvalue weighted by molar-refractivity contribution is -0.121. The van der Waals surface area contributed by atoms with Crippen molar-refractivity contribution in [1.29, 1.82) is 0 Å². The minimum Gasteiger partial charge on any atom is -0.490 e. The molecule has 0 saturated carbocycles. The van der Waals surface area contributed by atoms with Crippen LogP contribution in [0.2, 0.25) is 5.02 Å². The van der Waals surface area contributed by atoms with Gasteiger partial charge in [0.15, 0.2) is 16.3 Å². The molecule has 0 bridgehead atoms. The number of amides is 1. The van der Waals surface area contributed by atoms with E-state index in [-0.39, 0.29) is 17.9 Å². The summed E-state index contributed by atoms with van der Waals surface area (Å²) in [5, 5.41) is 3.98. The highest BCUT2D eigenvalue weighted by Gasteiger charge is 2.13. The maximum atomic E-state index is 13.1. The third kappa shape index (κ3) is 5.89. The first-order chi connectivity index (χ1) is 15.4. The highest BCUT2D eigenvalue weighted by molar-refractivity contribution is 7.71. The Morgan fingerprint density at radius 1 is 1.12 bits per heavy atom. The number of hydrogen-bond donors (Lipinski definition) is 2. The molecule has 0 atom stereocenters. The van der Waals surface area contributed by atoms with Crippen molar-refractivity contribution >= 4 is 40.6 Å². The highest BCUT2D eigenvalue weighted by Crippen LogP contribution is 2.30. The van der Waals surface area contributed by atoms with Crippen LogP contribution < -0.4 is 20.3 Å². The number of rotatable bonds is 10. The molecule has 1 heterocycles. The first kappa shape index (κ1) is 23.8. The van der Waals surface area contributed by atoms with Crippen LogP contribution in [0.25, 0.3) is 10.9 Å². The van der Waals surface area contributed by atoms with Crippen molar-refractivity contribution in [2.24, 2.45) is 0 Å². The van der Waals surface area contributed by atoms with Gasteiger partial charge in [-0.3, -0.25) is 14.2 Å². The summed E-state index contributed by atoms with van der Waals surface area (Å²) in [4.78, 5) is 28.3. The van der Waals surface area contributed by atoms with Gasteiger partial charge in [0.2, 0.25) is 5.91 Å². The summed E-state index contributed by atoms with van der Waals surface area (Å²) in [6, 6.07) is 10.7. The standard InChI is InChI=1S/C23H26ClN3O4S/c1-3-30-19-12-17-18(13-20(19)31-4-2)26-23(32)27(22(17)29)11-5-6-21(28)25-14-15-7-9-16(24)10-8-15/h7-10,12-13H,3-6,11,14H2,1-2H3,(H,25,28)(H,26,32). The number of H-pyrrole nitrogens is 1. The number of hydrogen-bond acceptors (Lipinski definition) is 5. The first-order valence-corrected chi connectivity index (χ1v) is 11.3. The van der Waals surface area contributed by atoms with E-state index in [0.717, 1.165) is 5.56 Å². The molecule has 32 heavy (non-hydrogen) atoms. The van der Waals surface area contributed by atoms with Gasteiger partial charge in [0.25, 0.3) is 5.56 Å². The number of fused-ring (bicyclic) bond motifs is 1. The van der Waals surface area contributed by atoms with Crippen LogP contribution in [0.3, 0.4) is 0 Å². The van der Waals surface area contributed by atoms with Gasteiger partial charge in [-0.15, -0.1) is 0 Å². The maximum absolute atomic E-state index is 13.1. The lowest BCUT2D eigenvalue weighted by Crippen LogP contribution is -2.25. The van der Waals surface area contributed by atoms with E-state index in [9.17, 15) is 9.59 Å². The van der Waals surface area contributed by atoms with Crippen molar-refractivity contribution in [3.8, 4) is 11.5 Å². The summed E-state index contributed by atoms with van der Waals surface area (Å²) in [7, 11) is 0. The maximum Gasteiger partial charge on any atom is 0.262 e. The first-order valence-electron chi connectivity index (χ1n) is 10.5. The second-order valence-corrected chi connectivity index (χ2v) is 7.93. The Labute approximate surface area is 196 Å². The van der Waals surface area contributed by atoms with Crippen LogP contribution in [-0.2, 0) is 17.9 Å². The van der Waals surface area contributed by atoms with Crippen molar-refractivity contribution in [2.75, 3.05) is 13.2 Å². The number of nitrogens with zero attached hydrogens (tertiary/aromatic N) is 1. The lowest BCUT2D eigenvalue weighted by Gasteiger charge is -2.13. The van der Waals surface area contributed by atoms with E-state index in [4.69, 9.17) is 33.3 Å². The molecular formula is C23H26ClN3O4S. The number of halogens is 1. The summed E-state index contributed by atoms with van der Waals surface area (Å²) in [5.74, 6) is 0.975. The average molecular weight is 476 g/mol. The minimum atomic E-state index is -0.227. The summed E-state index contributed by atoms with van der Waals surface area (Å²) in [6.45, 7) is 5.43. The fraction of sp³-hybridized carbons (Fsp3) is 0.348. The Balaban J connectivity index is 1.69. The minimum absolute atomic E-state index is 0.0938. The van der Waals surface area contributed by atoms with Gasteiger partial charge in [-0.05, 0) is 56.2 Å². The highest BCUT2D eigenvalue weighted by atomic mass is 35.5. The number of carbonyl (C=O) groups is 1. The summed E-state index contributed by atoms with van der Waals surface area (Å²) in [6.07, 6.45) is 0.755. The normalized spacial score (nSPS) is 10.8. The molecule has 1 aromatic heterocycles. The fourth-order valence-electron chi connectivity index (χ4n) is 3.29. The number of ether oxygens (including phenoxy) is 2. The molecule has 0 radical (unpaired) electrons. The van der Waals surface area contributed by atoms with E-state index in [2.05, 4.69) is 10.3 Å². The molecule has 0 aliphatic rings. The summed E-state index contributed by atoms with van der Waals surface area (Å²) < 4.78 is 13.0. The van der Waals surface area contributed by atoms with Gasteiger partial charge >= 0.3 is 0 Å². The summed E-state index contributed by atoms with van der Waals surface area (Å²) in [5.41, 5.74) is 1.32. The van der Waals surface area contributed by atoms with E-state index < -0.39 is 0 Å². The molecule has 2 aromatic carbocycles. The van der Waals surface area contributed by atoms with Gasteiger partial charge in [-0.2, -0.15) is 0 Å². The molecular weight excluding hydrogens is 450 g/mol. The van der Waals surface area contributed by atoms with E-state index in [0.29, 0.717) is 64.9 Å². The van der Waals surface area contributed by atoms with E-state index in [1.165, 1.54) is 4.57 Å². The van der Waals surface area contributed by atoms with Crippen LogP contribution >= 0.6 is 23.8 Å². The predicted molar refractivity (Wildman–Crippen MR) is 128 cm³/mol. The van der Waals surface area contributed by atoms with Crippen LogP contribution in [0.15, 0.2) is 41.2 Å². The molecule has 0 aliphatic carbocycles. The molecule has 2 N–H and O–H groups in total. The average Bonchev–Trinajstić information content (AvgIpc) is 2.77. The molecule has 170 valence electrons. The molecule has 0 saturated heterocycles. The second kappa shape index (κ2) is 11.2. The number of aromatic amines is 1. The third-order valence-electron chi connectivity index (χ3n) is 4.83. The zero-order chi connectivity index (χ0) is 23.1. The van der Waals surface area contributed by atoms with Gasteiger partial charge in [-0.1, -0.05) is 23.7 Å². The number of benzene rings is 2. The Morgan fingerprint density at radius 3 is 2.44 bits per heavy atom. The van der Waals surface area contributed by atoms with Crippen molar-refractivity contribution in [3.63, 3.8) is 0 Å². The molecule has 0 spiro atoms. The lowest BCUT2D eigenvalue weighted by atomic mass is 10.2. The fourth-order valence-corrected chi connectivity index (χ4v) is 3.70. The number of carbonyl (C=O) groups excluding carboxylic acids is 1. The molecule has 0 unspecified atom stereocenters. The quantitative estimate of drug-likeness (QED) is 0.418. The van der Waals surface area contributed by atoms with Crippen LogP contribution in [-0.4, -0.2) is 28.7 Å². The Morgan fingerprint density at radius 2 is 1.78 bits per heavy atom. The van der Waals surface area contributed by atoms with E-state index in [1.807, 2.05) is 26.0 Å². The Kier molecular flexibility index (Phi) is 8.30. The molecule has 9 heteroatoms. The van der Waals surface area contributed by atoms with Gasteiger partial charge in [-0.25, -0.2) is 0 Å². The number of nitrogens with one attached hydrogen (secondary N) is 2. The van der Waals surface area contributed by atoms with Crippen LogP contribution in [0, 0.1) is 4.77 Å². The molecule has 7 nitrogen and oxygen atoms in total. The van der Waals surface area contributed by atoms with Crippen molar-refractivity contribution in [1.82, 2.24) is 14.9 Å².